The molecule has 76 valence electrons. The van der Waals surface area contributed by atoms with E-state index in [0.717, 1.165) is 6.42 Å². The summed E-state index contributed by atoms with van der Waals surface area (Å²) in [7, 11) is 3.98. The molecular formula is C12H17ClN+. The average molecular weight is 211 g/mol. The van der Waals surface area contributed by atoms with E-state index in [1.54, 1.807) is 0 Å². The van der Waals surface area contributed by atoms with Crippen molar-refractivity contribution in [2.75, 3.05) is 14.1 Å². The van der Waals surface area contributed by atoms with Crippen LogP contribution in [0.25, 0.3) is 0 Å². The molecule has 1 aromatic rings. The van der Waals surface area contributed by atoms with Gasteiger partial charge in [0.25, 0.3) is 0 Å². The van der Waals surface area contributed by atoms with Gasteiger partial charge in [-0.05, 0) is 0 Å². The molecule has 2 heteroatoms. The van der Waals surface area contributed by atoms with Crippen molar-refractivity contribution < 1.29 is 4.00 Å². The van der Waals surface area contributed by atoms with E-state index in [1.807, 2.05) is 38.4 Å². The molecular weight excluding hydrogens is 194 g/mol. The Kier molecular flexibility index (Phi) is 3.73. The molecule has 0 saturated carbocycles. The molecule has 0 radical (unpaired) electrons. The largest absolute Gasteiger partial charge is 0.220 e. The molecule has 0 heterocycles. The van der Waals surface area contributed by atoms with Crippen LogP contribution >= 0.6 is 11.8 Å². The van der Waals surface area contributed by atoms with E-state index in [-0.39, 0.29) is 6.04 Å². The molecule has 0 aliphatic rings. The summed E-state index contributed by atoms with van der Waals surface area (Å²) in [5, 5.41) is 0. The number of hydrogen-bond donors (Lipinski definition) is 0. The minimum atomic E-state index is 0.273. The van der Waals surface area contributed by atoms with Crippen LogP contribution in [-0.4, -0.2) is 18.1 Å². The van der Waals surface area contributed by atoms with E-state index in [0.29, 0.717) is 4.00 Å². The SMILES string of the molecule is C=CCC(c1ccccc1)[N+](C)(C)Cl. The van der Waals surface area contributed by atoms with Gasteiger partial charge in [0.05, 0.1) is 14.1 Å². The van der Waals surface area contributed by atoms with E-state index in [4.69, 9.17) is 11.8 Å². The van der Waals surface area contributed by atoms with Crippen LogP contribution in [0, 0.1) is 0 Å². The minimum absolute atomic E-state index is 0.273. The Morgan fingerprint density at radius 3 is 2.36 bits per heavy atom. The van der Waals surface area contributed by atoms with Crippen LogP contribution in [0.4, 0.5) is 0 Å². The van der Waals surface area contributed by atoms with Crippen LogP contribution in [0.5, 0.6) is 0 Å². The minimum Gasteiger partial charge on any atom is -0.220 e. The summed E-state index contributed by atoms with van der Waals surface area (Å²) in [5.41, 5.74) is 1.26. The van der Waals surface area contributed by atoms with Gasteiger partial charge in [0.2, 0.25) is 0 Å². The summed E-state index contributed by atoms with van der Waals surface area (Å²) in [6.07, 6.45) is 2.81. The standard InChI is InChI=1S/C12H17ClN/c1-4-8-12(14(2,3)13)11-9-6-5-7-10-11/h4-7,9-10,12H,1,8H2,2-3H3/q+1. The van der Waals surface area contributed by atoms with Crippen molar-refractivity contribution in [3.05, 3.63) is 48.6 Å². The quantitative estimate of drug-likeness (QED) is 0.527. The van der Waals surface area contributed by atoms with Crippen molar-refractivity contribution >= 4 is 11.8 Å². The molecule has 0 bridgehead atoms. The number of halogens is 1. The number of nitrogens with zero attached hydrogens (tertiary/aromatic N) is 1. The molecule has 0 spiro atoms. The van der Waals surface area contributed by atoms with Crippen LogP contribution in [-0.2, 0) is 0 Å². The molecule has 1 rings (SSSR count). The zero-order chi connectivity index (χ0) is 10.6. The van der Waals surface area contributed by atoms with Gasteiger partial charge in [-0.1, -0.05) is 36.4 Å². The molecule has 1 unspecified atom stereocenters. The second-order valence-electron chi connectivity index (χ2n) is 3.85. The lowest BCUT2D eigenvalue weighted by atomic mass is 10.0. The molecule has 0 aromatic heterocycles. The molecule has 1 nitrogen and oxygen atoms in total. The fourth-order valence-corrected chi connectivity index (χ4v) is 1.77. The van der Waals surface area contributed by atoms with E-state index < -0.39 is 0 Å². The van der Waals surface area contributed by atoms with E-state index in [2.05, 4.69) is 18.7 Å². The fraction of sp³-hybridized carbons (Fsp3) is 0.333. The first kappa shape index (κ1) is 11.3. The van der Waals surface area contributed by atoms with Gasteiger partial charge in [-0.3, -0.25) is 0 Å². The summed E-state index contributed by atoms with van der Waals surface area (Å²) in [5.74, 6) is 0. The predicted octanol–water partition coefficient (Wildman–Crippen LogP) is 3.53. The second kappa shape index (κ2) is 4.63. The maximum atomic E-state index is 6.30. The van der Waals surface area contributed by atoms with Crippen LogP contribution in [0.1, 0.15) is 18.0 Å². The van der Waals surface area contributed by atoms with Crippen LogP contribution < -0.4 is 0 Å². The zero-order valence-corrected chi connectivity index (χ0v) is 9.54. The Bertz CT molecular complexity index is 287. The molecule has 0 amide bonds. The molecule has 1 atom stereocenters. The lowest BCUT2D eigenvalue weighted by Crippen LogP contribution is -2.32. The molecule has 0 saturated heterocycles. The third kappa shape index (κ3) is 2.86. The van der Waals surface area contributed by atoms with Gasteiger partial charge in [0.1, 0.15) is 6.04 Å². The van der Waals surface area contributed by atoms with Gasteiger partial charge >= 0.3 is 0 Å². The highest BCUT2D eigenvalue weighted by molar-refractivity contribution is 6.06. The summed E-state index contributed by atoms with van der Waals surface area (Å²) < 4.78 is 0.413. The summed E-state index contributed by atoms with van der Waals surface area (Å²) in [4.78, 5) is 0. The Hall–Kier alpha value is -0.790. The van der Waals surface area contributed by atoms with Gasteiger partial charge in [-0.15, -0.1) is 6.58 Å². The Morgan fingerprint density at radius 2 is 1.93 bits per heavy atom. The predicted molar refractivity (Wildman–Crippen MR) is 62.0 cm³/mol. The highest BCUT2D eigenvalue weighted by Crippen LogP contribution is 2.30. The Balaban J connectivity index is 2.95. The molecule has 0 aliphatic carbocycles. The molecule has 1 aromatic carbocycles. The lowest BCUT2D eigenvalue weighted by molar-refractivity contribution is -0.806. The highest BCUT2D eigenvalue weighted by atomic mass is 35.5. The summed E-state index contributed by atoms with van der Waals surface area (Å²) >= 11 is 6.30. The lowest BCUT2D eigenvalue weighted by Gasteiger charge is -2.29. The van der Waals surface area contributed by atoms with Gasteiger partial charge in [0.15, 0.2) is 11.8 Å². The molecule has 0 fully saturated rings. The van der Waals surface area contributed by atoms with Crippen molar-refractivity contribution in [1.82, 2.24) is 0 Å². The third-order valence-corrected chi connectivity index (χ3v) is 2.55. The maximum Gasteiger partial charge on any atom is 0.165 e. The summed E-state index contributed by atoms with van der Waals surface area (Å²) in [6.45, 7) is 3.77. The first-order chi connectivity index (χ1) is 6.55. The third-order valence-electron chi connectivity index (χ3n) is 2.32. The summed E-state index contributed by atoms with van der Waals surface area (Å²) in [6, 6.07) is 10.6. The Labute approximate surface area is 91.3 Å². The van der Waals surface area contributed by atoms with Crippen LogP contribution in [0.15, 0.2) is 43.0 Å². The van der Waals surface area contributed by atoms with Crippen molar-refractivity contribution in [1.29, 1.82) is 0 Å². The van der Waals surface area contributed by atoms with Gasteiger partial charge in [0, 0.05) is 12.0 Å². The number of quaternary nitrogens is 1. The monoisotopic (exact) mass is 210 g/mol. The molecule has 0 aliphatic heterocycles. The normalized spacial score (nSPS) is 13.6. The fourth-order valence-electron chi connectivity index (χ4n) is 1.57. The second-order valence-corrected chi connectivity index (χ2v) is 4.72. The smallest absolute Gasteiger partial charge is 0.165 e. The number of rotatable bonds is 4. The van der Waals surface area contributed by atoms with Crippen LogP contribution in [0.2, 0.25) is 0 Å². The highest BCUT2D eigenvalue weighted by Gasteiger charge is 2.27. The Morgan fingerprint density at radius 1 is 1.36 bits per heavy atom. The van der Waals surface area contributed by atoms with Crippen LogP contribution in [0.3, 0.4) is 0 Å². The van der Waals surface area contributed by atoms with Crippen molar-refractivity contribution in [2.45, 2.75) is 12.5 Å². The van der Waals surface area contributed by atoms with Crippen molar-refractivity contribution in [3.8, 4) is 0 Å². The molecule has 14 heavy (non-hydrogen) atoms. The first-order valence-electron chi connectivity index (χ1n) is 4.75. The van der Waals surface area contributed by atoms with E-state index >= 15 is 0 Å². The van der Waals surface area contributed by atoms with Crippen molar-refractivity contribution in [3.63, 3.8) is 0 Å². The number of hydrogen-bond acceptors (Lipinski definition) is 0. The van der Waals surface area contributed by atoms with Gasteiger partial charge < -0.3 is 0 Å². The zero-order valence-electron chi connectivity index (χ0n) is 8.78. The van der Waals surface area contributed by atoms with E-state index in [1.165, 1.54) is 5.56 Å². The van der Waals surface area contributed by atoms with E-state index in [9.17, 15) is 0 Å². The first-order valence-corrected chi connectivity index (χ1v) is 5.08. The average Bonchev–Trinajstić information content (AvgIpc) is 2.14. The molecule has 0 N–H and O–H groups in total. The maximum absolute atomic E-state index is 6.30. The van der Waals surface area contributed by atoms with Gasteiger partial charge in [-0.2, -0.15) is 0 Å². The van der Waals surface area contributed by atoms with Gasteiger partial charge in [-0.25, -0.2) is 4.00 Å². The van der Waals surface area contributed by atoms with Crippen molar-refractivity contribution in [2.24, 2.45) is 0 Å². The topological polar surface area (TPSA) is 0 Å². The number of benzene rings is 1.